The summed E-state index contributed by atoms with van der Waals surface area (Å²) < 4.78 is 0. The molecule has 23 heavy (non-hydrogen) atoms. The smallest absolute Gasteiger partial charge is 0.269 e. The molecule has 1 aromatic carbocycles. The molecular weight excluding hydrogens is 316 g/mol. The Morgan fingerprint density at radius 2 is 2.13 bits per heavy atom. The second kappa shape index (κ2) is 6.30. The van der Waals surface area contributed by atoms with Gasteiger partial charge in [0.2, 0.25) is 0 Å². The number of nitro benzene ring substituents is 1. The first-order chi connectivity index (χ1) is 11.1. The second-order valence-corrected chi connectivity index (χ2v) is 6.40. The standard InChI is InChI=1S/C15H14N4O3S/c16-9-12-13(20)17-14(23-15(12)18-6-1-2-7-18)10-4-3-5-11(8-10)19(21)22/h3-5,8,14H,1-2,6-7H2,(H,17,20). The van der Waals surface area contributed by atoms with Gasteiger partial charge < -0.3 is 10.2 Å². The fourth-order valence-corrected chi connectivity index (χ4v) is 3.95. The number of thioether (sulfide) groups is 1. The number of hydrogen-bond acceptors (Lipinski definition) is 6. The molecule has 2 aliphatic heterocycles. The SMILES string of the molecule is N#CC1=C(N2CCCC2)SC(c2cccc([N+](=O)[O-])c2)NC1=O. The van der Waals surface area contributed by atoms with Crippen LogP contribution in [0.5, 0.6) is 0 Å². The van der Waals surface area contributed by atoms with E-state index in [1.165, 1.54) is 23.9 Å². The Balaban J connectivity index is 1.93. The number of hydrogen-bond donors (Lipinski definition) is 1. The Bertz CT molecular complexity index is 734. The first kappa shape index (κ1) is 15.4. The summed E-state index contributed by atoms with van der Waals surface area (Å²) in [5.74, 6) is -0.426. The number of nitro groups is 1. The number of carbonyl (C=O) groups is 1. The van der Waals surface area contributed by atoms with E-state index < -0.39 is 16.2 Å². The van der Waals surface area contributed by atoms with Crippen molar-refractivity contribution in [2.45, 2.75) is 18.2 Å². The third kappa shape index (κ3) is 3.00. The van der Waals surface area contributed by atoms with Crippen molar-refractivity contribution >= 4 is 23.4 Å². The van der Waals surface area contributed by atoms with Gasteiger partial charge >= 0.3 is 0 Å². The lowest BCUT2D eigenvalue weighted by atomic mass is 10.2. The van der Waals surface area contributed by atoms with E-state index in [2.05, 4.69) is 5.32 Å². The van der Waals surface area contributed by atoms with Crippen molar-refractivity contribution in [2.75, 3.05) is 13.1 Å². The summed E-state index contributed by atoms with van der Waals surface area (Å²) in [4.78, 5) is 24.7. The first-order valence-corrected chi connectivity index (χ1v) is 8.09. The molecule has 2 aliphatic rings. The maximum absolute atomic E-state index is 12.2. The highest BCUT2D eigenvalue weighted by Crippen LogP contribution is 2.41. The highest BCUT2D eigenvalue weighted by atomic mass is 32.2. The van der Waals surface area contributed by atoms with Crippen molar-refractivity contribution in [1.29, 1.82) is 5.26 Å². The highest BCUT2D eigenvalue weighted by Gasteiger charge is 2.33. The normalized spacial score (nSPS) is 21.1. The molecule has 118 valence electrons. The zero-order valence-electron chi connectivity index (χ0n) is 12.2. The van der Waals surface area contributed by atoms with Crippen LogP contribution < -0.4 is 5.32 Å². The summed E-state index contributed by atoms with van der Waals surface area (Å²) in [5, 5.41) is 23.2. The molecule has 0 spiro atoms. The van der Waals surface area contributed by atoms with Crippen molar-refractivity contribution in [3.05, 3.63) is 50.5 Å². The molecule has 1 saturated heterocycles. The lowest BCUT2D eigenvalue weighted by molar-refractivity contribution is -0.384. The highest BCUT2D eigenvalue weighted by molar-refractivity contribution is 8.03. The van der Waals surface area contributed by atoms with Crippen LogP contribution in [0.2, 0.25) is 0 Å². The number of benzene rings is 1. The molecule has 0 saturated carbocycles. The number of non-ortho nitro benzene ring substituents is 1. The van der Waals surface area contributed by atoms with E-state index in [9.17, 15) is 20.2 Å². The number of nitrogens with zero attached hydrogens (tertiary/aromatic N) is 3. The third-order valence-electron chi connectivity index (χ3n) is 3.82. The van der Waals surface area contributed by atoms with Crippen LogP contribution >= 0.6 is 11.8 Å². The van der Waals surface area contributed by atoms with E-state index in [0.717, 1.165) is 25.9 Å². The summed E-state index contributed by atoms with van der Waals surface area (Å²) in [6.45, 7) is 1.64. The third-order valence-corrected chi connectivity index (χ3v) is 5.13. The number of nitrogens with one attached hydrogen (secondary N) is 1. The quantitative estimate of drug-likeness (QED) is 0.674. The van der Waals surface area contributed by atoms with Crippen LogP contribution in [-0.2, 0) is 4.79 Å². The van der Waals surface area contributed by atoms with Crippen molar-refractivity contribution in [3.8, 4) is 6.07 Å². The van der Waals surface area contributed by atoms with Gasteiger partial charge in [-0.15, -0.1) is 0 Å². The molecule has 1 fully saturated rings. The molecule has 7 nitrogen and oxygen atoms in total. The Morgan fingerprint density at radius 3 is 2.78 bits per heavy atom. The monoisotopic (exact) mass is 330 g/mol. The maximum atomic E-state index is 12.2. The number of rotatable bonds is 3. The van der Waals surface area contributed by atoms with Crippen LogP contribution in [0.15, 0.2) is 34.9 Å². The maximum Gasteiger partial charge on any atom is 0.269 e. The van der Waals surface area contributed by atoms with Gasteiger partial charge in [0.1, 0.15) is 17.0 Å². The minimum atomic E-state index is -0.462. The molecule has 1 atom stereocenters. The van der Waals surface area contributed by atoms with Gasteiger partial charge in [0.05, 0.1) is 9.95 Å². The van der Waals surface area contributed by atoms with Crippen LogP contribution in [0.4, 0.5) is 5.69 Å². The molecule has 1 unspecified atom stereocenters. The van der Waals surface area contributed by atoms with Gasteiger partial charge in [0.15, 0.2) is 0 Å². The number of amides is 1. The molecule has 0 bridgehead atoms. The average Bonchev–Trinajstić information content (AvgIpc) is 3.08. The van der Waals surface area contributed by atoms with E-state index in [4.69, 9.17) is 0 Å². The predicted molar refractivity (Wildman–Crippen MR) is 85.0 cm³/mol. The summed E-state index contributed by atoms with van der Waals surface area (Å²) >= 11 is 1.37. The molecule has 3 rings (SSSR count). The average molecular weight is 330 g/mol. The fraction of sp³-hybridized carbons (Fsp3) is 0.333. The van der Waals surface area contributed by atoms with Gasteiger partial charge in [-0.2, -0.15) is 5.26 Å². The van der Waals surface area contributed by atoms with Crippen molar-refractivity contribution in [2.24, 2.45) is 0 Å². The van der Waals surface area contributed by atoms with Crippen LogP contribution in [-0.4, -0.2) is 28.8 Å². The van der Waals surface area contributed by atoms with E-state index in [0.29, 0.717) is 10.6 Å². The minimum absolute atomic E-state index is 0.0184. The van der Waals surface area contributed by atoms with Crippen LogP contribution in [0.3, 0.4) is 0 Å². The molecule has 0 aliphatic carbocycles. The van der Waals surface area contributed by atoms with Crippen molar-refractivity contribution in [3.63, 3.8) is 0 Å². The van der Waals surface area contributed by atoms with E-state index in [-0.39, 0.29) is 11.3 Å². The van der Waals surface area contributed by atoms with Crippen molar-refractivity contribution in [1.82, 2.24) is 10.2 Å². The van der Waals surface area contributed by atoms with Crippen molar-refractivity contribution < 1.29 is 9.72 Å². The minimum Gasteiger partial charge on any atom is -0.365 e. The largest absolute Gasteiger partial charge is 0.365 e. The summed E-state index contributed by atoms with van der Waals surface area (Å²) in [6, 6.07) is 8.18. The lowest BCUT2D eigenvalue weighted by Gasteiger charge is -2.30. The van der Waals surface area contributed by atoms with Crippen LogP contribution in [0, 0.1) is 21.4 Å². The van der Waals surface area contributed by atoms with E-state index in [1.807, 2.05) is 11.0 Å². The molecule has 1 amide bonds. The Kier molecular flexibility index (Phi) is 4.21. The van der Waals surface area contributed by atoms with E-state index in [1.54, 1.807) is 12.1 Å². The number of carbonyl (C=O) groups excluding carboxylic acids is 1. The second-order valence-electron chi connectivity index (χ2n) is 5.31. The number of nitriles is 1. The zero-order chi connectivity index (χ0) is 16.4. The molecule has 0 radical (unpaired) electrons. The Morgan fingerprint density at radius 1 is 1.39 bits per heavy atom. The molecule has 0 aromatic heterocycles. The summed E-state index contributed by atoms with van der Waals surface area (Å²) in [7, 11) is 0. The summed E-state index contributed by atoms with van der Waals surface area (Å²) in [5.41, 5.74) is 0.750. The molecule has 1 N–H and O–H groups in total. The van der Waals surface area contributed by atoms with Gasteiger partial charge in [0, 0.05) is 25.2 Å². The van der Waals surface area contributed by atoms with Gasteiger partial charge in [-0.25, -0.2) is 0 Å². The van der Waals surface area contributed by atoms with Gasteiger partial charge in [-0.05, 0) is 18.4 Å². The van der Waals surface area contributed by atoms with Gasteiger partial charge in [-0.3, -0.25) is 14.9 Å². The molecule has 2 heterocycles. The molecule has 1 aromatic rings. The summed E-state index contributed by atoms with van der Waals surface area (Å²) in [6.07, 6.45) is 2.07. The van der Waals surface area contributed by atoms with Crippen LogP contribution in [0.1, 0.15) is 23.8 Å². The predicted octanol–water partition coefficient (Wildman–Crippen LogP) is 2.29. The van der Waals surface area contributed by atoms with Gasteiger partial charge in [-0.1, -0.05) is 23.9 Å². The topological polar surface area (TPSA) is 99.3 Å². The van der Waals surface area contributed by atoms with Gasteiger partial charge in [0.25, 0.3) is 11.6 Å². The Labute approximate surface area is 137 Å². The zero-order valence-corrected chi connectivity index (χ0v) is 13.0. The Hall–Kier alpha value is -2.53. The van der Waals surface area contributed by atoms with E-state index >= 15 is 0 Å². The number of likely N-dealkylation sites (tertiary alicyclic amines) is 1. The molecular formula is C15H14N4O3S. The first-order valence-electron chi connectivity index (χ1n) is 7.21. The fourth-order valence-electron chi connectivity index (χ4n) is 2.69. The molecule has 8 heteroatoms. The lowest BCUT2D eigenvalue weighted by Crippen LogP contribution is -2.35. The van der Waals surface area contributed by atoms with Crippen LogP contribution in [0.25, 0.3) is 0 Å².